The Morgan fingerprint density at radius 2 is 2.12 bits per heavy atom. The maximum absolute atomic E-state index is 12.3. The maximum atomic E-state index is 12.3. The molecule has 0 radical (unpaired) electrons. The standard InChI is InChI=1S/C15H23N7O2/c1-9-8-21(14(23)24-15(2,3)4)5-6-22(9)12-10-7-17-20-11(10)18-13(16)19-12/h7,9H,5-6,8H2,1-4H3,(H3,16,17,18,19,20). The Labute approximate surface area is 140 Å². The van der Waals surface area contributed by atoms with E-state index < -0.39 is 5.60 Å². The lowest BCUT2D eigenvalue weighted by molar-refractivity contribution is 0.0218. The average Bonchev–Trinajstić information content (AvgIpc) is 2.92. The fourth-order valence-corrected chi connectivity index (χ4v) is 2.82. The van der Waals surface area contributed by atoms with Crippen LogP contribution in [0.5, 0.6) is 0 Å². The highest BCUT2D eigenvalue weighted by Gasteiger charge is 2.31. The van der Waals surface area contributed by atoms with Crippen LogP contribution in [-0.2, 0) is 4.74 Å². The van der Waals surface area contributed by atoms with Gasteiger partial charge in [0, 0.05) is 25.7 Å². The molecule has 2 aromatic rings. The van der Waals surface area contributed by atoms with Crippen LogP contribution in [0.15, 0.2) is 6.20 Å². The van der Waals surface area contributed by atoms with E-state index in [9.17, 15) is 4.79 Å². The molecule has 1 saturated heterocycles. The van der Waals surface area contributed by atoms with Gasteiger partial charge in [-0.15, -0.1) is 0 Å². The molecule has 1 atom stereocenters. The number of hydrogen-bond acceptors (Lipinski definition) is 7. The molecule has 1 amide bonds. The summed E-state index contributed by atoms with van der Waals surface area (Å²) in [5.41, 5.74) is 5.91. The van der Waals surface area contributed by atoms with Gasteiger partial charge < -0.3 is 20.3 Å². The van der Waals surface area contributed by atoms with Crippen molar-refractivity contribution in [1.29, 1.82) is 0 Å². The molecule has 0 aromatic carbocycles. The van der Waals surface area contributed by atoms with Crippen LogP contribution in [0.2, 0.25) is 0 Å². The van der Waals surface area contributed by atoms with Crippen molar-refractivity contribution in [2.24, 2.45) is 0 Å². The average molecular weight is 333 g/mol. The number of aromatic amines is 1. The fourth-order valence-electron chi connectivity index (χ4n) is 2.82. The summed E-state index contributed by atoms with van der Waals surface area (Å²) in [6.45, 7) is 9.39. The summed E-state index contributed by atoms with van der Waals surface area (Å²) in [5.74, 6) is 0.936. The zero-order chi connectivity index (χ0) is 17.5. The van der Waals surface area contributed by atoms with E-state index in [0.717, 1.165) is 11.2 Å². The number of aromatic nitrogens is 4. The van der Waals surface area contributed by atoms with Gasteiger partial charge in [-0.1, -0.05) is 0 Å². The van der Waals surface area contributed by atoms with E-state index in [-0.39, 0.29) is 18.1 Å². The van der Waals surface area contributed by atoms with Crippen LogP contribution in [0.25, 0.3) is 11.0 Å². The maximum Gasteiger partial charge on any atom is 0.410 e. The molecular weight excluding hydrogens is 310 g/mol. The van der Waals surface area contributed by atoms with Gasteiger partial charge in [0.15, 0.2) is 5.65 Å². The van der Waals surface area contributed by atoms with Crippen LogP contribution in [-0.4, -0.2) is 62.4 Å². The minimum Gasteiger partial charge on any atom is -0.444 e. The first-order valence-electron chi connectivity index (χ1n) is 7.96. The summed E-state index contributed by atoms with van der Waals surface area (Å²) in [6.07, 6.45) is 1.40. The van der Waals surface area contributed by atoms with E-state index in [1.807, 2.05) is 27.7 Å². The Bertz CT molecular complexity index is 752. The molecule has 130 valence electrons. The van der Waals surface area contributed by atoms with Crippen molar-refractivity contribution in [3.05, 3.63) is 6.20 Å². The summed E-state index contributed by atoms with van der Waals surface area (Å²) in [7, 11) is 0. The topological polar surface area (TPSA) is 113 Å². The highest BCUT2D eigenvalue weighted by Crippen LogP contribution is 2.27. The molecule has 3 rings (SSSR count). The van der Waals surface area contributed by atoms with Gasteiger partial charge >= 0.3 is 6.09 Å². The van der Waals surface area contributed by atoms with Gasteiger partial charge in [0.1, 0.15) is 11.4 Å². The summed E-state index contributed by atoms with van der Waals surface area (Å²) in [4.78, 5) is 24.6. The van der Waals surface area contributed by atoms with Crippen LogP contribution in [0, 0.1) is 0 Å². The van der Waals surface area contributed by atoms with E-state index in [0.29, 0.717) is 25.3 Å². The number of carbonyl (C=O) groups excluding carboxylic acids is 1. The second-order valence-corrected chi connectivity index (χ2v) is 7.01. The number of hydrogen-bond donors (Lipinski definition) is 2. The highest BCUT2D eigenvalue weighted by molar-refractivity contribution is 5.87. The number of piperazine rings is 1. The molecule has 3 N–H and O–H groups in total. The molecule has 2 aromatic heterocycles. The van der Waals surface area contributed by atoms with Crippen LogP contribution < -0.4 is 10.6 Å². The molecule has 3 heterocycles. The third-order valence-corrected chi connectivity index (χ3v) is 3.86. The second kappa shape index (κ2) is 5.81. The number of rotatable bonds is 1. The largest absolute Gasteiger partial charge is 0.444 e. The molecule has 0 saturated carbocycles. The fraction of sp³-hybridized carbons (Fsp3) is 0.600. The van der Waals surface area contributed by atoms with Crippen molar-refractivity contribution < 1.29 is 9.53 Å². The summed E-state index contributed by atoms with van der Waals surface area (Å²) in [5, 5.41) is 7.65. The van der Waals surface area contributed by atoms with Gasteiger partial charge in [-0.05, 0) is 27.7 Å². The number of nitrogens with two attached hydrogens (primary N) is 1. The number of carbonyl (C=O) groups is 1. The van der Waals surface area contributed by atoms with E-state index in [4.69, 9.17) is 10.5 Å². The molecule has 1 aliphatic heterocycles. The van der Waals surface area contributed by atoms with Crippen LogP contribution in [0.3, 0.4) is 0 Å². The minimum absolute atomic E-state index is 0.0682. The molecule has 9 heteroatoms. The number of nitrogen functional groups attached to an aromatic ring is 1. The zero-order valence-electron chi connectivity index (χ0n) is 14.4. The molecule has 0 aliphatic carbocycles. The molecule has 24 heavy (non-hydrogen) atoms. The molecular formula is C15H23N7O2. The van der Waals surface area contributed by atoms with Gasteiger partial charge in [-0.2, -0.15) is 15.1 Å². The number of nitrogens with zero attached hydrogens (tertiary/aromatic N) is 5. The van der Waals surface area contributed by atoms with Gasteiger partial charge in [0.25, 0.3) is 0 Å². The lowest BCUT2D eigenvalue weighted by Crippen LogP contribution is -2.54. The third kappa shape index (κ3) is 3.19. The van der Waals surface area contributed by atoms with Crippen LogP contribution in [0.4, 0.5) is 16.6 Å². The quantitative estimate of drug-likeness (QED) is 0.810. The van der Waals surface area contributed by atoms with Crippen LogP contribution in [0.1, 0.15) is 27.7 Å². The van der Waals surface area contributed by atoms with Crippen molar-refractivity contribution in [2.45, 2.75) is 39.3 Å². The van der Waals surface area contributed by atoms with Gasteiger partial charge in [-0.3, -0.25) is 5.10 Å². The SMILES string of the molecule is CC1CN(C(=O)OC(C)(C)C)CCN1c1nc(N)nc2[nH]ncc12. The minimum atomic E-state index is -0.498. The van der Waals surface area contributed by atoms with Crippen molar-refractivity contribution >= 4 is 28.9 Å². The first kappa shape index (κ1) is 16.3. The van der Waals surface area contributed by atoms with Crippen molar-refractivity contribution in [3.63, 3.8) is 0 Å². The third-order valence-electron chi connectivity index (χ3n) is 3.86. The highest BCUT2D eigenvalue weighted by atomic mass is 16.6. The Hall–Kier alpha value is -2.58. The molecule has 9 nitrogen and oxygen atoms in total. The van der Waals surface area contributed by atoms with E-state index in [2.05, 4.69) is 25.1 Å². The van der Waals surface area contributed by atoms with Gasteiger partial charge in [0.05, 0.1) is 11.6 Å². The molecule has 1 fully saturated rings. The molecule has 0 bridgehead atoms. The summed E-state index contributed by atoms with van der Waals surface area (Å²) < 4.78 is 5.45. The van der Waals surface area contributed by atoms with Gasteiger partial charge in [0.2, 0.25) is 5.95 Å². The first-order valence-corrected chi connectivity index (χ1v) is 7.96. The Morgan fingerprint density at radius 1 is 1.38 bits per heavy atom. The molecule has 1 aliphatic rings. The summed E-state index contributed by atoms with van der Waals surface area (Å²) >= 11 is 0. The number of nitrogens with one attached hydrogen (secondary N) is 1. The normalized spacial score (nSPS) is 18.9. The number of ether oxygens (including phenoxy) is 1. The van der Waals surface area contributed by atoms with E-state index in [1.54, 1.807) is 11.1 Å². The number of fused-ring (bicyclic) bond motifs is 1. The van der Waals surface area contributed by atoms with Gasteiger partial charge in [-0.25, -0.2) is 4.79 Å². The lowest BCUT2D eigenvalue weighted by Gasteiger charge is -2.40. The van der Waals surface area contributed by atoms with Crippen LogP contribution >= 0.6 is 0 Å². The monoisotopic (exact) mass is 333 g/mol. The summed E-state index contributed by atoms with van der Waals surface area (Å²) in [6, 6.07) is 0.0682. The molecule has 0 spiro atoms. The second-order valence-electron chi connectivity index (χ2n) is 7.01. The number of H-pyrrole nitrogens is 1. The Balaban J connectivity index is 1.78. The van der Waals surface area contributed by atoms with E-state index in [1.165, 1.54) is 0 Å². The number of amides is 1. The Kier molecular flexibility index (Phi) is 3.94. The smallest absolute Gasteiger partial charge is 0.410 e. The van der Waals surface area contributed by atoms with E-state index >= 15 is 0 Å². The first-order chi connectivity index (χ1) is 11.2. The van der Waals surface area contributed by atoms with Crippen molar-refractivity contribution in [2.75, 3.05) is 30.3 Å². The molecule has 1 unspecified atom stereocenters. The lowest BCUT2D eigenvalue weighted by atomic mass is 10.1. The predicted molar refractivity (Wildman–Crippen MR) is 90.7 cm³/mol. The predicted octanol–water partition coefficient (Wildman–Crippen LogP) is 1.38. The number of anilines is 2. The van der Waals surface area contributed by atoms with Crippen molar-refractivity contribution in [1.82, 2.24) is 25.1 Å². The Morgan fingerprint density at radius 3 is 2.79 bits per heavy atom. The zero-order valence-corrected chi connectivity index (χ0v) is 14.4. The van der Waals surface area contributed by atoms with Crippen molar-refractivity contribution in [3.8, 4) is 0 Å².